The minimum Gasteiger partial charge on any atom is -0.352 e. The van der Waals surface area contributed by atoms with Gasteiger partial charge in [0.25, 0.3) is 10.0 Å². The molecule has 41 heavy (non-hydrogen) atoms. The molecule has 3 aromatic carbocycles. The molecule has 0 saturated carbocycles. The normalized spacial score (nSPS) is 12.9. The Morgan fingerprint density at radius 1 is 0.902 bits per heavy atom. The summed E-state index contributed by atoms with van der Waals surface area (Å²) in [5.74, 6) is -0.961. The second kappa shape index (κ2) is 14.4. The first kappa shape index (κ1) is 32.7. The zero-order valence-corrected chi connectivity index (χ0v) is 26.5. The summed E-state index contributed by atoms with van der Waals surface area (Å²) in [6.07, 6.45) is 0.974. The van der Waals surface area contributed by atoms with E-state index < -0.39 is 28.5 Å². The lowest BCUT2D eigenvalue weighted by Gasteiger charge is -2.34. The first-order valence-electron chi connectivity index (χ1n) is 13.3. The van der Waals surface area contributed by atoms with Gasteiger partial charge in [-0.1, -0.05) is 78.5 Å². The molecule has 0 aliphatic rings. The molecule has 0 aliphatic carbocycles. The molecule has 1 N–H and O–H groups in total. The van der Waals surface area contributed by atoms with Crippen LogP contribution in [0.5, 0.6) is 0 Å². The number of sulfonamides is 1. The zero-order valence-electron chi connectivity index (χ0n) is 23.4. The second-order valence-corrected chi connectivity index (χ2v) is 12.9. The van der Waals surface area contributed by atoms with E-state index in [4.69, 9.17) is 34.8 Å². The van der Waals surface area contributed by atoms with Crippen LogP contribution in [0.15, 0.2) is 71.6 Å². The van der Waals surface area contributed by atoms with E-state index in [1.807, 2.05) is 20.8 Å². The number of rotatable bonds is 12. The predicted octanol–water partition coefficient (Wildman–Crippen LogP) is 6.87. The van der Waals surface area contributed by atoms with E-state index in [0.717, 1.165) is 9.87 Å². The standard InChI is InChI=1S/C30H34Cl3N3O4S/c1-5-21(4)34-30(38)28(6-2)35(18-25-26(32)11-8-12-27(25)33)29(37)19-36(23-10-7-9-22(31)17-23)41(39,40)24-15-13-20(3)14-16-24/h7-17,21,28H,5-6,18-19H2,1-4H3,(H,34,38)/t21-,28+/m1/s1. The minimum atomic E-state index is -4.21. The minimum absolute atomic E-state index is 0.0122. The Hall–Kier alpha value is -2.78. The van der Waals surface area contributed by atoms with Crippen LogP contribution in [0.25, 0.3) is 0 Å². The summed E-state index contributed by atoms with van der Waals surface area (Å²) in [5, 5.41) is 3.89. The van der Waals surface area contributed by atoms with Gasteiger partial charge in [0.15, 0.2) is 0 Å². The second-order valence-electron chi connectivity index (χ2n) is 9.77. The lowest BCUT2D eigenvalue weighted by Crippen LogP contribution is -2.53. The van der Waals surface area contributed by atoms with Gasteiger partial charge in [0.2, 0.25) is 11.8 Å². The number of nitrogens with zero attached hydrogens (tertiary/aromatic N) is 2. The number of amides is 2. The number of hydrogen-bond donors (Lipinski definition) is 1. The van der Waals surface area contributed by atoms with Crippen molar-refractivity contribution in [3.8, 4) is 0 Å². The maximum Gasteiger partial charge on any atom is 0.264 e. The van der Waals surface area contributed by atoms with Crippen LogP contribution in [-0.2, 0) is 26.2 Å². The SMILES string of the molecule is CC[C@@H](C)NC(=O)[C@H](CC)N(Cc1c(Cl)cccc1Cl)C(=O)CN(c1cccc(Cl)c1)S(=O)(=O)c1ccc(C)cc1. The molecule has 0 saturated heterocycles. The number of anilines is 1. The Bertz CT molecular complexity index is 1460. The van der Waals surface area contributed by atoms with Gasteiger partial charge in [0.1, 0.15) is 12.6 Å². The summed E-state index contributed by atoms with van der Waals surface area (Å²) in [6, 6.07) is 16.5. The van der Waals surface area contributed by atoms with Crippen LogP contribution in [0.1, 0.15) is 44.7 Å². The first-order chi connectivity index (χ1) is 19.4. The highest BCUT2D eigenvalue weighted by atomic mass is 35.5. The number of hydrogen-bond acceptors (Lipinski definition) is 4. The van der Waals surface area contributed by atoms with E-state index in [2.05, 4.69) is 5.32 Å². The van der Waals surface area contributed by atoms with E-state index in [-0.39, 0.29) is 35.5 Å². The van der Waals surface area contributed by atoms with Crippen LogP contribution in [0.3, 0.4) is 0 Å². The topological polar surface area (TPSA) is 86.8 Å². The summed E-state index contributed by atoms with van der Waals surface area (Å²) in [7, 11) is -4.21. The molecule has 7 nitrogen and oxygen atoms in total. The third kappa shape index (κ3) is 8.16. The van der Waals surface area contributed by atoms with Crippen LogP contribution >= 0.6 is 34.8 Å². The molecule has 3 rings (SSSR count). The predicted molar refractivity (Wildman–Crippen MR) is 166 cm³/mol. The molecular formula is C30H34Cl3N3O4S. The number of aryl methyl sites for hydroxylation is 1. The van der Waals surface area contributed by atoms with Crippen molar-refractivity contribution in [2.75, 3.05) is 10.8 Å². The molecule has 11 heteroatoms. The molecule has 2 amide bonds. The molecule has 2 atom stereocenters. The highest BCUT2D eigenvalue weighted by molar-refractivity contribution is 7.92. The molecule has 3 aromatic rings. The smallest absolute Gasteiger partial charge is 0.264 e. The van der Waals surface area contributed by atoms with Crippen LogP contribution in [0, 0.1) is 6.92 Å². The Balaban J connectivity index is 2.10. The third-order valence-corrected chi connectivity index (χ3v) is 9.49. The maximum absolute atomic E-state index is 14.2. The number of halogens is 3. The summed E-state index contributed by atoms with van der Waals surface area (Å²) >= 11 is 19.1. The van der Waals surface area contributed by atoms with Crippen LogP contribution in [-0.4, -0.2) is 43.8 Å². The molecule has 0 radical (unpaired) electrons. The fourth-order valence-corrected chi connectivity index (χ4v) is 6.32. The summed E-state index contributed by atoms with van der Waals surface area (Å²) in [6.45, 7) is 6.76. The van der Waals surface area contributed by atoms with Gasteiger partial charge in [-0.2, -0.15) is 0 Å². The van der Waals surface area contributed by atoms with Crippen LogP contribution in [0.4, 0.5) is 5.69 Å². The lowest BCUT2D eigenvalue weighted by atomic mass is 10.1. The van der Waals surface area contributed by atoms with E-state index in [9.17, 15) is 18.0 Å². The summed E-state index contributed by atoms with van der Waals surface area (Å²) in [4.78, 5) is 28.9. The van der Waals surface area contributed by atoms with E-state index in [1.54, 1.807) is 55.5 Å². The van der Waals surface area contributed by atoms with E-state index in [1.165, 1.54) is 23.1 Å². The molecule has 0 bridgehead atoms. The fraction of sp³-hybridized carbons (Fsp3) is 0.333. The van der Waals surface area contributed by atoms with E-state index in [0.29, 0.717) is 27.1 Å². The highest BCUT2D eigenvalue weighted by Gasteiger charge is 2.34. The van der Waals surface area contributed by atoms with Gasteiger partial charge in [0, 0.05) is 33.2 Å². The Morgan fingerprint density at radius 2 is 1.51 bits per heavy atom. The van der Waals surface area contributed by atoms with Gasteiger partial charge in [-0.05, 0) is 69.2 Å². The molecule has 220 valence electrons. The first-order valence-corrected chi connectivity index (χ1v) is 15.8. The fourth-order valence-electron chi connectivity index (χ4n) is 4.21. The average molecular weight is 639 g/mol. The molecule has 0 aliphatic heterocycles. The molecule has 0 aromatic heterocycles. The van der Waals surface area contributed by atoms with Crippen molar-refractivity contribution in [1.29, 1.82) is 0 Å². The van der Waals surface area contributed by atoms with Gasteiger partial charge in [0.05, 0.1) is 10.6 Å². The lowest BCUT2D eigenvalue weighted by molar-refractivity contribution is -0.140. The number of benzene rings is 3. The van der Waals surface area contributed by atoms with Crippen molar-refractivity contribution in [2.24, 2.45) is 0 Å². The van der Waals surface area contributed by atoms with Crippen molar-refractivity contribution in [1.82, 2.24) is 10.2 Å². The van der Waals surface area contributed by atoms with Crippen molar-refractivity contribution in [3.05, 3.63) is 92.9 Å². The van der Waals surface area contributed by atoms with Crippen LogP contribution < -0.4 is 9.62 Å². The van der Waals surface area contributed by atoms with Crippen LogP contribution in [0.2, 0.25) is 15.1 Å². The number of nitrogens with one attached hydrogen (secondary N) is 1. The Labute approximate surface area is 257 Å². The summed E-state index contributed by atoms with van der Waals surface area (Å²) in [5.41, 5.74) is 1.55. The van der Waals surface area contributed by atoms with Gasteiger partial charge >= 0.3 is 0 Å². The monoisotopic (exact) mass is 637 g/mol. The molecule has 0 unspecified atom stereocenters. The Kier molecular flexibility index (Phi) is 11.5. The maximum atomic E-state index is 14.2. The van der Waals surface area contributed by atoms with Crippen molar-refractivity contribution in [3.63, 3.8) is 0 Å². The van der Waals surface area contributed by atoms with E-state index >= 15 is 0 Å². The molecule has 0 fully saturated rings. The van der Waals surface area contributed by atoms with Gasteiger partial charge in [-0.15, -0.1) is 0 Å². The van der Waals surface area contributed by atoms with Gasteiger partial charge in [-0.3, -0.25) is 13.9 Å². The van der Waals surface area contributed by atoms with Crippen molar-refractivity contribution >= 4 is 62.3 Å². The third-order valence-electron chi connectivity index (χ3n) is 6.76. The highest BCUT2D eigenvalue weighted by Crippen LogP contribution is 2.29. The van der Waals surface area contributed by atoms with Crippen molar-refractivity contribution in [2.45, 2.75) is 64.1 Å². The van der Waals surface area contributed by atoms with Gasteiger partial charge < -0.3 is 10.2 Å². The number of carbonyl (C=O) groups is 2. The molecule has 0 heterocycles. The molecular weight excluding hydrogens is 605 g/mol. The van der Waals surface area contributed by atoms with Crippen molar-refractivity contribution < 1.29 is 18.0 Å². The zero-order chi connectivity index (χ0) is 30.3. The quantitative estimate of drug-likeness (QED) is 0.235. The number of carbonyl (C=O) groups excluding carboxylic acids is 2. The largest absolute Gasteiger partial charge is 0.352 e. The Morgan fingerprint density at radius 3 is 2.07 bits per heavy atom. The average Bonchev–Trinajstić information content (AvgIpc) is 2.93. The summed E-state index contributed by atoms with van der Waals surface area (Å²) < 4.78 is 28.9. The molecule has 0 spiro atoms. The van der Waals surface area contributed by atoms with Gasteiger partial charge in [-0.25, -0.2) is 8.42 Å².